The van der Waals surface area contributed by atoms with E-state index in [9.17, 15) is 13.6 Å². The number of anilines is 1. The van der Waals surface area contributed by atoms with Gasteiger partial charge >= 0.3 is 0 Å². The van der Waals surface area contributed by atoms with Crippen LogP contribution in [-0.2, 0) is 16.8 Å². The van der Waals surface area contributed by atoms with Gasteiger partial charge in [-0.05, 0) is 45.0 Å². The molecule has 176 valence electrons. The second-order valence-electron chi connectivity index (χ2n) is 8.58. The molecule has 0 aliphatic heterocycles. The molecule has 0 atom stereocenters. The lowest BCUT2D eigenvalue weighted by atomic mass is 10.1. The van der Waals surface area contributed by atoms with Crippen molar-refractivity contribution in [2.24, 2.45) is 0 Å². The number of carbonyl (C=O) groups excluding carboxylic acids is 1. The molecule has 10 heteroatoms. The van der Waals surface area contributed by atoms with Crippen LogP contribution in [-0.4, -0.2) is 32.8 Å². The van der Waals surface area contributed by atoms with Crippen LogP contribution in [0.5, 0.6) is 17.4 Å². The van der Waals surface area contributed by atoms with Gasteiger partial charge < -0.3 is 14.8 Å². The van der Waals surface area contributed by atoms with E-state index < -0.39 is 17.5 Å². The molecule has 2 aromatic carbocycles. The summed E-state index contributed by atoms with van der Waals surface area (Å²) >= 11 is 0. The van der Waals surface area contributed by atoms with E-state index in [0.717, 1.165) is 0 Å². The third kappa shape index (κ3) is 4.80. The Bertz CT molecular complexity index is 1360. The number of nitrogens with one attached hydrogen (secondary N) is 1. The summed E-state index contributed by atoms with van der Waals surface area (Å²) < 4.78 is 42.0. The van der Waals surface area contributed by atoms with Gasteiger partial charge in [0.15, 0.2) is 11.6 Å². The van der Waals surface area contributed by atoms with Gasteiger partial charge in [0.2, 0.25) is 17.6 Å². The summed E-state index contributed by atoms with van der Waals surface area (Å²) in [5.41, 5.74) is 0.648. The van der Waals surface area contributed by atoms with Crippen LogP contribution >= 0.6 is 0 Å². The molecule has 0 aliphatic rings. The van der Waals surface area contributed by atoms with E-state index in [1.54, 1.807) is 29.1 Å². The van der Waals surface area contributed by atoms with Crippen molar-refractivity contribution in [1.29, 1.82) is 0 Å². The van der Waals surface area contributed by atoms with Crippen LogP contribution in [0.2, 0.25) is 0 Å². The van der Waals surface area contributed by atoms with E-state index in [2.05, 4.69) is 20.4 Å². The number of halogens is 2. The molecule has 4 aromatic rings. The Labute approximate surface area is 194 Å². The van der Waals surface area contributed by atoms with Gasteiger partial charge in [-0.3, -0.25) is 9.48 Å². The molecule has 0 spiro atoms. The van der Waals surface area contributed by atoms with Gasteiger partial charge in [-0.25, -0.2) is 14.4 Å². The maximum absolute atomic E-state index is 14.8. The lowest BCUT2D eigenvalue weighted by Crippen LogP contribution is -2.22. The fourth-order valence-corrected chi connectivity index (χ4v) is 3.24. The zero-order valence-electron chi connectivity index (χ0n) is 19.1. The lowest BCUT2D eigenvalue weighted by Gasteiger charge is -2.18. The number of amides is 1. The number of rotatable bonds is 6. The molecule has 8 nitrogen and oxygen atoms in total. The predicted octanol–water partition coefficient (Wildman–Crippen LogP) is 4.84. The Morgan fingerprint density at radius 1 is 1.12 bits per heavy atom. The van der Waals surface area contributed by atoms with Crippen LogP contribution in [0.4, 0.5) is 14.5 Å². The Hall–Kier alpha value is -4.08. The van der Waals surface area contributed by atoms with Crippen LogP contribution in [0.15, 0.2) is 49.1 Å². The maximum Gasteiger partial charge on any atom is 0.230 e. The van der Waals surface area contributed by atoms with Crippen molar-refractivity contribution in [2.45, 2.75) is 32.7 Å². The van der Waals surface area contributed by atoms with Gasteiger partial charge in [-0.1, -0.05) is 6.07 Å². The Morgan fingerprint density at radius 2 is 1.91 bits per heavy atom. The third-order valence-corrected chi connectivity index (χ3v) is 5.04. The number of methoxy groups -OCH3 is 1. The minimum absolute atomic E-state index is 0.0450. The summed E-state index contributed by atoms with van der Waals surface area (Å²) in [5, 5.41) is 7.31. The highest BCUT2D eigenvalue weighted by Crippen LogP contribution is 2.32. The van der Waals surface area contributed by atoms with Gasteiger partial charge in [0, 0.05) is 11.8 Å². The topological polar surface area (TPSA) is 91.2 Å². The van der Waals surface area contributed by atoms with E-state index in [-0.39, 0.29) is 29.2 Å². The monoisotopic (exact) mass is 467 g/mol. The number of fused-ring (bicyclic) bond motifs is 1. The van der Waals surface area contributed by atoms with E-state index >= 15 is 0 Å². The molecule has 2 heterocycles. The van der Waals surface area contributed by atoms with Crippen LogP contribution in [0.25, 0.3) is 10.9 Å². The molecule has 0 unspecified atom stereocenters. The van der Waals surface area contributed by atoms with Crippen molar-refractivity contribution < 1.29 is 23.0 Å². The quantitative estimate of drug-likeness (QED) is 0.436. The first kappa shape index (κ1) is 23.1. The van der Waals surface area contributed by atoms with Gasteiger partial charge in [0.25, 0.3) is 0 Å². The van der Waals surface area contributed by atoms with Crippen molar-refractivity contribution in [3.8, 4) is 17.4 Å². The SMILES string of the molecule is COc1ccc2ncnc(Oc3ccc(CC(=O)Nc4cnn(C(C)(C)C)c4)c(F)c3F)c2c1. The minimum atomic E-state index is -1.22. The molecular formula is C24H23F2N5O3. The summed E-state index contributed by atoms with van der Waals surface area (Å²) in [4.78, 5) is 20.6. The van der Waals surface area contributed by atoms with E-state index in [1.807, 2.05) is 20.8 Å². The molecule has 0 saturated heterocycles. The highest BCUT2D eigenvalue weighted by molar-refractivity contribution is 5.92. The summed E-state index contributed by atoms with van der Waals surface area (Å²) in [6.07, 6.45) is 4.07. The number of carbonyl (C=O) groups is 1. The molecule has 0 saturated carbocycles. The Morgan fingerprint density at radius 3 is 2.62 bits per heavy atom. The molecule has 1 N–H and O–H groups in total. The third-order valence-electron chi connectivity index (χ3n) is 5.04. The predicted molar refractivity (Wildman–Crippen MR) is 122 cm³/mol. The molecule has 1 amide bonds. The van der Waals surface area contributed by atoms with Gasteiger partial charge in [-0.15, -0.1) is 0 Å². The van der Waals surface area contributed by atoms with Crippen molar-refractivity contribution >= 4 is 22.5 Å². The summed E-state index contributed by atoms with van der Waals surface area (Å²) in [6, 6.07) is 7.61. The first-order valence-corrected chi connectivity index (χ1v) is 10.4. The van der Waals surface area contributed by atoms with Crippen molar-refractivity contribution in [2.75, 3.05) is 12.4 Å². The number of benzene rings is 2. The first-order chi connectivity index (χ1) is 16.2. The fraction of sp³-hybridized carbons (Fsp3) is 0.250. The van der Waals surface area contributed by atoms with Gasteiger partial charge in [0.05, 0.1) is 41.9 Å². The second-order valence-corrected chi connectivity index (χ2v) is 8.58. The smallest absolute Gasteiger partial charge is 0.230 e. The number of hydrogen-bond donors (Lipinski definition) is 1. The largest absolute Gasteiger partial charge is 0.497 e. The zero-order valence-corrected chi connectivity index (χ0v) is 19.1. The summed E-state index contributed by atoms with van der Waals surface area (Å²) in [5.74, 6) is -2.68. The fourth-order valence-electron chi connectivity index (χ4n) is 3.24. The maximum atomic E-state index is 14.8. The first-order valence-electron chi connectivity index (χ1n) is 10.4. The molecule has 34 heavy (non-hydrogen) atoms. The van der Waals surface area contributed by atoms with Crippen LogP contribution in [0, 0.1) is 11.6 Å². The van der Waals surface area contributed by atoms with Crippen molar-refractivity contribution in [1.82, 2.24) is 19.7 Å². The molecule has 4 rings (SSSR count). The van der Waals surface area contributed by atoms with E-state index in [0.29, 0.717) is 22.3 Å². The van der Waals surface area contributed by atoms with Crippen LogP contribution in [0.3, 0.4) is 0 Å². The van der Waals surface area contributed by atoms with Gasteiger partial charge in [0.1, 0.15) is 12.1 Å². The summed E-state index contributed by atoms with van der Waals surface area (Å²) in [7, 11) is 1.51. The molecule has 0 aliphatic carbocycles. The van der Waals surface area contributed by atoms with E-state index in [4.69, 9.17) is 9.47 Å². The molecule has 2 aromatic heterocycles. The zero-order chi connectivity index (χ0) is 24.5. The standard InChI is InChI=1S/C24H23F2N5O3/c1-24(2,3)31-12-15(11-29-31)30-20(32)9-14-5-8-19(22(26)21(14)25)34-23-17-10-16(33-4)6-7-18(17)27-13-28-23/h5-8,10-13H,9H2,1-4H3,(H,30,32). The molecule has 0 fully saturated rings. The average Bonchev–Trinajstić information content (AvgIpc) is 3.27. The highest BCUT2D eigenvalue weighted by atomic mass is 19.2. The van der Waals surface area contributed by atoms with Crippen molar-refractivity contribution in [3.05, 3.63) is 66.3 Å². The molecular weight excluding hydrogens is 444 g/mol. The Balaban J connectivity index is 1.52. The highest BCUT2D eigenvalue weighted by Gasteiger charge is 2.20. The number of ether oxygens (including phenoxy) is 2. The number of nitrogens with zero attached hydrogens (tertiary/aromatic N) is 4. The number of aromatic nitrogens is 4. The Kier molecular flexibility index (Phi) is 6.14. The van der Waals surface area contributed by atoms with Crippen LogP contribution < -0.4 is 14.8 Å². The van der Waals surface area contributed by atoms with Crippen molar-refractivity contribution in [3.63, 3.8) is 0 Å². The van der Waals surface area contributed by atoms with E-state index in [1.165, 1.54) is 31.8 Å². The summed E-state index contributed by atoms with van der Waals surface area (Å²) in [6.45, 7) is 5.90. The van der Waals surface area contributed by atoms with Gasteiger partial charge in [-0.2, -0.15) is 9.49 Å². The second kappa shape index (κ2) is 9.05. The lowest BCUT2D eigenvalue weighted by molar-refractivity contribution is -0.115. The molecule has 0 radical (unpaired) electrons. The normalized spacial score (nSPS) is 11.5. The molecule has 0 bridgehead atoms. The van der Waals surface area contributed by atoms with Crippen LogP contribution in [0.1, 0.15) is 26.3 Å². The number of hydrogen-bond acceptors (Lipinski definition) is 6. The average molecular weight is 467 g/mol. The minimum Gasteiger partial charge on any atom is -0.497 e.